The molecule has 0 spiro atoms. The van der Waals surface area contributed by atoms with Gasteiger partial charge < -0.3 is 10.2 Å². The Morgan fingerprint density at radius 3 is 2.45 bits per heavy atom. The molecule has 31 heavy (non-hydrogen) atoms. The predicted molar refractivity (Wildman–Crippen MR) is 132 cm³/mol. The van der Waals surface area contributed by atoms with E-state index in [2.05, 4.69) is 5.32 Å². The molecule has 0 bridgehead atoms. The highest BCUT2D eigenvalue weighted by molar-refractivity contribution is 7.99. The van der Waals surface area contributed by atoms with Gasteiger partial charge in [-0.1, -0.05) is 66.8 Å². The van der Waals surface area contributed by atoms with E-state index in [9.17, 15) is 9.59 Å². The summed E-state index contributed by atoms with van der Waals surface area (Å²) in [6.45, 7) is 4.76. The number of hydrogen-bond donors (Lipinski definition) is 1. The summed E-state index contributed by atoms with van der Waals surface area (Å²) >= 11 is 19.7. The zero-order chi connectivity index (χ0) is 22.8. The van der Waals surface area contributed by atoms with Gasteiger partial charge in [0, 0.05) is 23.9 Å². The Morgan fingerprint density at radius 1 is 1.03 bits per heavy atom. The van der Waals surface area contributed by atoms with Crippen molar-refractivity contribution in [1.29, 1.82) is 0 Å². The van der Waals surface area contributed by atoms with Gasteiger partial charge in [-0.15, -0.1) is 11.8 Å². The molecule has 8 heteroatoms. The maximum Gasteiger partial charge on any atom is 0.242 e. The Kier molecular flexibility index (Phi) is 11.0. The molecule has 0 heterocycles. The number of rotatable bonds is 11. The van der Waals surface area contributed by atoms with Crippen LogP contribution < -0.4 is 5.32 Å². The average molecular weight is 502 g/mol. The monoisotopic (exact) mass is 500 g/mol. The Hall–Kier alpha value is -1.40. The topological polar surface area (TPSA) is 49.4 Å². The highest BCUT2D eigenvalue weighted by atomic mass is 35.5. The molecule has 2 aromatic rings. The number of benzene rings is 2. The van der Waals surface area contributed by atoms with Crippen LogP contribution in [0.2, 0.25) is 15.1 Å². The summed E-state index contributed by atoms with van der Waals surface area (Å²) in [5.41, 5.74) is 1.87. The molecule has 4 nitrogen and oxygen atoms in total. The summed E-state index contributed by atoms with van der Waals surface area (Å²) in [7, 11) is 0. The van der Waals surface area contributed by atoms with Gasteiger partial charge in [0.05, 0.1) is 15.8 Å². The van der Waals surface area contributed by atoms with Crippen LogP contribution in [0, 0.1) is 0 Å². The van der Waals surface area contributed by atoms with Crippen molar-refractivity contribution >= 4 is 58.4 Å². The second-order valence-corrected chi connectivity index (χ2v) is 9.34. The van der Waals surface area contributed by atoms with E-state index in [0.29, 0.717) is 33.8 Å². The molecule has 2 amide bonds. The summed E-state index contributed by atoms with van der Waals surface area (Å²) in [5, 5.41) is 4.46. The summed E-state index contributed by atoms with van der Waals surface area (Å²) in [5.74, 6) is 0.672. The van der Waals surface area contributed by atoms with E-state index in [1.165, 1.54) is 11.8 Å². The number of carbonyl (C=O) groups is 2. The van der Waals surface area contributed by atoms with Crippen molar-refractivity contribution in [3.05, 3.63) is 68.7 Å². The van der Waals surface area contributed by atoms with Crippen LogP contribution in [0.25, 0.3) is 0 Å². The molecule has 0 aromatic heterocycles. The van der Waals surface area contributed by atoms with Crippen LogP contribution in [0.15, 0.2) is 42.5 Å². The van der Waals surface area contributed by atoms with Gasteiger partial charge in [0.1, 0.15) is 6.04 Å². The van der Waals surface area contributed by atoms with Crippen LogP contribution in [0.1, 0.15) is 37.8 Å². The quantitative estimate of drug-likeness (QED) is 0.398. The standard InChI is InChI=1S/C23H27Cl3N2O2S/c1-3-10-27-23(30)21(4-2)28(13-16-8-9-19(25)20(26)12-16)22(29)15-31-14-17-6-5-7-18(24)11-17/h5-9,11-12,21H,3-4,10,13-15H2,1-2H3,(H,27,30)/t21-/m1/s1. The third-order valence-electron chi connectivity index (χ3n) is 4.66. The molecule has 0 saturated heterocycles. The van der Waals surface area contributed by atoms with E-state index in [1.807, 2.05) is 44.2 Å². The minimum atomic E-state index is -0.555. The number of carbonyl (C=O) groups excluding carboxylic acids is 2. The number of hydrogen-bond acceptors (Lipinski definition) is 3. The average Bonchev–Trinajstić information content (AvgIpc) is 2.74. The Bertz CT molecular complexity index is 895. The lowest BCUT2D eigenvalue weighted by Gasteiger charge is -2.30. The largest absolute Gasteiger partial charge is 0.354 e. The van der Waals surface area contributed by atoms with E-state index < -0.39 is 6.04 Å². The Labute approximate surface area is 203 Å². The second-order valence-electron chi connectivity index (χ2n) is 7.11. The Morgan fingerprint density at radius 2 is 1.81 bits per heavy atom. The minimum absolute atomic E-state index is 0.100. The van der Waals surface area contributed by atoms with Crippen molar-refractivity contribution in [2.75, 3.05) is 12.3 Å². The fourth-order valence-corrected chi connectivity index (χ4v) is 4.48. The van der Waals surface area contributed by atoms with Crippen molar-refractivity contribution in [1.82, 2.24) is 10.2 Å². The molecule has 2 aromatic carbocycles. The normalized spacial score (nSPS) is 11.8. The van der Waals surface area contributed by atoms with Gasteiger partial charge in [-0.25, -0.2) is 0 Å². The summed E-state index contributed by atoms with van der Waals surface area (Å²) < 4.78 is 0. The molecule has 0 aliphatic heterocycles. The highest BCUT2D eigenvalue weighted by Gasteiger charge is 2.28. The lowest BCUT2D eigenvalue weighted by molar-refractivity contribution is -0.139. The predicted octanol–water partition coefficient (Wildman–Crippen LogP) is 6.21. The SMILES string of the molecule is CCCNC(=O)[C@@H](CC)N(Cc1ccc(Cl)c(Cl)c1)C(=O)CSCc1cccc(Cl)c1. The maximum absolute atomic E-state index is 13.2. The van der Waals surface area contributed by atoms with Crippen molar-refractivity contribution in [2.24, 2.45) is 0 Å². The minimum Gasteiger partial charge on any atom is -0.354 e. The first kappa shape index (κ1) is 25.9. The number of nitrogens with zero attached hydrogens (tertiary/aromatic N) is 1. The molecule has 1 N–H and O–H groups in total. The molecule has 0 saturated carbocycles. The van der Waals surface area contributed by atoms with Crippen molar-refractivity contribution in [2.45, 2.75) is 45.0 Å². The van der Waals surface area contributed by atoms with Gasteiger partial charge in [-0.3, -0.25) is 9.59 Å². The van der Waals surface area contributed by atoms with Crippen LogP contribution in [0.4, 0.5) is 0 Å². The van der Waals surface area contributed by atoms with E-state index in [1.54, 1.807) is 17.0 Å². The van der Waals surface area contributed by atoms with Gasteiger partial charge in [0.15, 0.2) is 0 Å². The van der Waals surface area contributed by atoms with Crippen LogP contribution in [0.5, 0.6) is 0 Å². The third kappa shape index (κ3) is 8.23. The molecule has 168 valence electrons. The zero-order valence-corrected chi connectivity index (χ0v) is 20.8. The van der Waals surface area contributed by atoms with E-state index in [4.69, 9.17) is 34.8 Å². The first-order chi connectivity index (χ1) is 14.8. The van der Waals surface area contributed by atoms with Gasteiger partial charge in [-0.2, -0.15) is 0 Å². The Balaban J connectivity index is 2.14. The highest BCUT2D eigenvalue weighted by Crippen LogP contribution is 2.25. The van der Waals surface area contributed by atoms with Crippen LogP contribution in [0.3, 0.4) is 0 Å². The zero-order valence-electron chi connectivity index (χ0n) is 17.7. The molecular weight excluding hydrogens is 475 g/mol. The third-order valence-corrected chi connectivity index (χ3v) is 6.62. The van der Waals surface area contributed by atoms with Crippen molar-refractivity contribution < 1.29 is 9.59 Å². The van der Waals surface area contributed by atoms with E-state index in [-0.39, 0.29) is 24.1 Å². The van der Waals surface area contributed by atoms with Gasteiger partial charge in [0.25, 0.3) is 0 Å². The number of nitrogens with one attached hydrogen (secondary N) is 1. The fraction of sp³-hybridized carbons (Fsp3) is 0.391. The smallest absolute Gasteiger partial charge is 0.242 e. The summed E-state index contributed by atoms with van der Waals surface area (Å²) in [6, 6.07) is 12.3. The van der Waals surface area contributed by atoms with Crippen molar-refractivity contribution in [3.8, 4) is 0 Å². The second kappa shape index (κ2) is 13.2. The summed E-state index contributed by atoms with van der Waals surface area (Å²) in [6.07, 6.45) is 1.35. The molecule has 0 unspecified atom stereocenters. The maximum atomic E-state index is 13.2. The number of amides is 2. The van der Waals surface area contributed by atoms with Crippen molar-refractivity contribution in [3.63, 3.8) is 0 Å². The van der Waals surface area contributed by atoms with Crippen LogP contribution in [-0.2, 0) is 21.9 Å². The molecule has 0 radical (unpaired) electrons. The summed E-state index contributed by atoms with van der Waals surface area (Å²) in [4.78, 5) is 27.6. The lowest BCUT2D eigenvalue weighted by Crippen LogP contribution is -2.49. The first-order valence-corrected chi connectivity index (χ1v) is 12.5. The molecule has 1 atom stereocenters. The number of halogens is 3. The lowest BCUT2D eigenvalue weighted by atomic mass is 10.1. The van der Waals surface area contributed by atoms with Gasteiger partial charge >= 0.3 is 0 Å². The van der Waals surface area contributed by atoms with Crippen LogP contribution in [-0.4, -0.2) is 35.1 Å². The molecule has 0 aliphatic carbocycles. The van der Waals surface area contributed by atoms with Crippen LogP contribution >= 0.6 is 46.6 Å². The molecule has 2 rings (SSSR count). The van der Waals surface area contributed by atoms with Gasteiger partial charge in [-0.05, 0) is 48.2 Å². The fourth-order valence-electron chi connectivity index (χ4n) is 3.09. The number of thioether (sulfide) groups is 1. The molecule has 0 aliphatic rings. The first-order valence-electron chi connectivity index (χ1n) is 10.2. The van der Waals surface area contributed by atoms with Gasteiger partial charge in [0.2, 0.25) is 11.8 Å². The molecular formula is C23H27Cl3N2O2S. The van der Waals surface area contributed by atoms with E-state index in [0.717, 1.165) is 17.5 Å². The molecule has 0 fully saturated rings. The van der Waals surface area contributed by atoms with E-state index >= 15 is 0 Å².